The van der Waals surface area contributed by atoms with Gasteiger partial charge in [0, 0.05) is 29.5 Å². The summed E-state index contributed by atoms with van der Waals surface area (Å²) in [7, 11) is 3.06. The Morgan fingerprint density at radius 3 is 2.19 bits per heavy atom. The standard InChI is InChI=1S/C22H24N2O8.C11H12Cl2N2O5/c1-21(31)8-5-4-6-11(25)12(8)16(26)13-9(21)7-10-15(24(2)3)17(27)14(20(23)30)19(29)22(10,32)18(13)28;12-10(13)11(18)14-8(5-16)9(17)6-1-3-7(4-2-6)15(19)20/h4-6,9-10,15,25,27-28,31-32H,7H2,1-3H3,(H2,23,30);1-4,8-10,16-17H,5H2,(H,14,18)/t9-,10-,15-,21+,22-;8-,9-/m01/s1. The number of phenolic OH excluding ortho intramolecular Hbond substituents is 1. The van der Waals surface area contributed by atoms with Crippen molar-refractivity contribution in [3.8, 4) is 5.75 Å². The Hall–Kier alpha value is -4.62. The van der Waals surface area contributed by atoms with E-state index in [-0.39, 0.29) is 23.2 Å². The molecule has 280 valence electrons. The van der Waals surface area contributed by atoms with Crippen LogP contribution in [0.25, 0.3) is 0 Å². The Bertz CT molecular complexity index is 1880. The fourth-order valence-corrected chi connectivity index (χ4v) is 7.13. The van der Waals surface area contributed by atoms with E-state index < -0.39 is 109 Å². The van der Waals surface area contributed by atoms with Gasteiger partial charge in [0.15, 0.2) is 16.2 Å². The minimum Gasteiger partial charge on any atom is -0.510 e. The maximum Gasteiger partial charge on any atom is 0.269 e. The number of phenols is 1. The van der Waals surface area contributed by atoms with E-state index in [2.05, 4.69) is 5.32 Å². The van der Waals surface area contributed by atoms with Crippen LogP contribution < -0.4 is 11.1 Å². The summed E-state index contributed by atoms with van der Waals surface area (Å²) < 4.78 is 0. The monoisotopic (exact) mass is 766 g/mol. The van der Waals surface area contributed by atoms with E-state index in [4.69, 9.17) is 34.0 Å². The lowest BCUT2D eigenvalue weighted by atomic mass is 9.55. The van der Waals surface area contributed by atoms with E-state index in [1.165, 1.54) is 68.4 Å². The summed E-state index contributed by atoms with van der Waals surface area (Å²) in [4.78, 5) is 59.8. The van der Waals surface area contributed by atoms with Crippen molar-refractivity contribution in [1.82, 2.24) is 10.2 Å². The molecule has 17 nitrogen and oxygen atoms in total. The number of aromatic hydroxyl groups is 1. The van der Waals surface area contributed by atoms with Crippen molar-refractivity contribution in [1.29, 1.82) is 0 Å². The molecule has 0 fully saturated rings. The Balaban J connectivity index is 0.000000261. The number of primary amides is 1. The summed E-state index contributed by atoms with van der Waals surface area (Å²) in [6.45, 7) is 0.851. The van der Waals surface area contributed by atoms with Gasteiger partial charge in [-0.1, -0.05) is 35.3 Å². The molecule has 0 spiro atoms. The number of carbonyl (C=O) groups is 4. The Labute approximate surface area is 305 Å². The number of nitrogens with two attached hydrogens (primary N) is 1. The maximum absolute atomic E-state index is 13.3. The number of nitro benzene ring substituents is 1. The molecule has 0 aromatic heterocycles. The number of Topliss-reactive ketones (excluding diaryl/α,β-unsaturated/α-hetero) is 2. The van der Waals surface area contributed by atoms with Crippen molar-refractivity contribution in [2.24, 2.45) is 17.6 Å². The number of likely N-dealkylation sites (N-methyl/N-ethyl adjacent to an activating group) is 1. The molecule has 3 aliphatic carbocycles. The lowest BCUT2D eigenvalue weighted by Gasteiger charge is -2.52. The van der Waals surface area contributed by atoms with Gasteiger partial charge in [-0.15, -0.1) is 0 Å². The highest BCUT2D eigenvalue weighted by molar-refractivity contribution is 6.53. The zero-order chi connectivity index (χ0) is 39.2. The molecular weight excluding hydrogens is 731 g/mol. The molecule has 0 heterocycles. The third-order valence-corrected chi connectivity index (χ3v) is 9.97. The lowest BCUT2D eigenvalue weighted by molar-refractivity contribution is -0.384. The number of nitrogens with one attached hydrogen (secondary N) is 1. The quantitative estimate of drug-likeness (QED) is 0.0774. The minimum absolute atomic E-state index is 0.132. The van der Waals surface area contributed by atoms with Gasteiger partial charge in [0.05, 0.1) is 34.8 Å². The van der Waals surface area contributed by atoms with Crippen LogP contribution in [0.3, 0.4) is 0 Å². The third kappa shape index (κ3) is 6.71. The highest BCUT2D eigenvalue weighted by atomic mass is 35.5. The fourth-order valence-electron chi connectivity index (χ4n) is 7.00. The topological polar surface area (TPSA) is 294 Å². The summed E-state index contributed by atoms with van der Waals surface area (Å²) in [5.74, 6) is -8.65. The number of fused-ring (bicyclic) bond motifs is 3. The number of non-ortho nitro benzene ring substituents is 1. The van der Waals surface area contributed by atoms with Crippen LogP contribution in [0.4, 0.5) is 5.69 Å². The Morgan fingerprint density at radius 1 is 1.10 bits per heavy atom. The van der Waals surface area contributed by atoms with Crippen LogP contribution >= 0.6 is 23.2 Å². The molecule has 0 saturated carbocycles. The number of alkyl halides is 2. The van der Waals surface area contributed by atoms with Gasteiger partial charge in [-0.05, 0) is 56.8 Å². The SMILES string of the molecule is CN(C)[C@@H]1C(O)=C(C(N)=O)C(=O)[C@@]2(O)C(O)=C3C(=O)c4c(O)cccc4[C@@](C)(O)[C@H]3C[C@@H]12.O=C(N[C@H](CO)[C@H](O)c1ccc([N+](=O)[O-])cc1)C(Cl)Cl. The largest absolute Gasteiger partial charge is 0.510 e. The zero-order valence-corrected chi connectivity index (χ0v) is 29.2. The van der Waals surface area contributed by atoms with E-state index in [1.807, 2.05) is 0 Å². The second kappa shape index (κ2) is 14.8. The first-order valence-corrected chi connectivity index (χ1v) is 16.3. The molecule has 10 N–H and O–H groups in total. The molecule has 0 aliphatic heterocycles. The number of nitrogens with zero attached hydrogens (tertiary/aromatic N) is 2. The first-order chi connectivity index (χ1) is 24.1. The number of hydrogen-bond acceptors (Lipinski definition) is 14. The van der Waals surface area contributed by atoms with E-state index in [9.17, 15) is 59.9 Å². The van der Waals surface area contributed by atoms with E-state index in [0.29, 0.717) is 5.56 Å². The molecule has 7 atom stereocenters. The van der Waals surface area contributed by atoms with Crippen LogP contribution in [0.15, 0.2) is 65.1 Å². The van der Waals surface area contributed by atoms with E-state index in [0.717, 1.165) is 0 Å². The van der Waals surface area contributed by atoms with Crippen molar-refractivity contribution in [2.75, 3.05) is 20.7 Å². The Morgan fingerprint density at radius 2 is 1.69 bits per heavy atom. The van der Waals surface area contributed by atoms with E-state index in [1.54, 1.807) is 0 Å². The smallest absolute Gasteiger partial charge is 0.269 e. The number of aliphatic hydroxyl groups excluding tert-OH is 4. The zero-order valence-electron chi connectivity index (χ0n) is 27.7. The normalized spacial score (nSPS) is 26.5. The molecule has 2 aromatic carbocycles. The van der Waals surface area contributed by atoms with Gasteiger partial charge in [-0.3, -0.25) is 34.2 Å². The molecule has 3 aliphatic rings. The number of ketones is 2. The predicted molar refractivity (Wildman–Crippen MR) is 182 cm³/mol. The average Bonchev–Trinajstić information content (AvgIpc) is 3.07. The van der Waals surface area contributed by atoms with Gasteiger partial charge >= 0.3 is 0 Å². The van der Waals surface area contributed by atoms with Gasteiger partial charge < -0.3 is 46.8 Å². The molecule has 2 amide bonds. The Kier molecular flexibility index (Phi) is 11.4. The number of halogens is 2. The molecule has 2 aromatic rings. The van der Waals surface area contributed by atoms with Crippen molar-refractivity contribution in [3.05, 3.63) is 91.9 Å². The van der Waals surface area contributed by atoms with Crippen molar-refractivity contribution in [3.63, 3.8) is 0 Å². The molecule has 0 bridgehead atoms. The van der Waals surface area contributed by atoms with Crippen LogP contribution in [0, 0.1) is 22.0 Å². The predicted octanol–water partition coefficient (Wildman–Crippen LogP) is 0.695. The van der Waals surface area contributed by atoms with E-state index >= 15 is 0 Å². The van der Waals surface area contributed by atoms with Gasteiger partial charge in [0.2, 0.25) is 5.78 Å². The second-order valence-electron chi connectivity index (χ2n) is 12.9. The van der Waals surface area contributed by atoms with Gasteiger partial charge in [0.25, 0.3) is 17.5 Å². The number of hydrogen-bond donors (Lipinski definition) is 9. The summed E-state index contributed by atoms with van der Waals surface area (Å²) >= 11 is 10.7. The lowest BCUT2D eigenvalue weighted by Crippen LogP contribution is -2.65. The molecule has 0 saturated heterocycles. The fraction of sp³-hybridized carbons (Fsp3) is 0.394. The van der Waals surface area contributed by atoms with Crippen molar-refractivity contribution in [2.45, 2.75) is 47.6 Å². The van der Waals surface area contributed by atoms with Crippen LogP contribution in [-0.4, -0.2) is 112 Å². The first kappa shape index (κ1) is 40.2. The van der Waals surface area contributed by atoms with Crippen molar-refractivity contribution >= 4 is 52.3 Å². The van der Waals surface area contributed by atoms with Crippen LogP contribution in [-0.2, 0) is 20.0 Å². The number of benzene rings is 2. The molecule has 5 rings (SSSR count). The summed E-state index contributed by atoms with van der Waals surface area (Å²) in [5.41, 5.74) is -0.485. The highest BCUT2D eigenvalue weighted by Gasteiger charge is 2.65. The summed E-state index contributed by atoms with van der Waals surface area (Å²) in [5, 5.41) is 87.0. The molecular formula is C33H36Cl2N4O13. The molecule has 0 unspecified atom stereocenters. The summed E-state index contributed by atoms with van der Waals surface area (Å²) in [6.07, 6.45) is -1.45. The van der Waals surface area contributed by atoms with Crippen LogP contribution in [0.5, 0.6) is 5.75 Å². The molecule has 19 heteroatoms. The van der Waals surface area contributed by atoms with Gasteiger partial charge in [0.1, 0.15) is 28.9 Å². The number of aliphatic hydroxyl groups is 6. The van der Waals surface area contributed by atoms with Crippen LogP contribution in [0.1, 0.15) is 40.9 Å². The van der Waals surface area contributed by atoms with Gasteiger partial charge in [-0.25, -0.2) is 0 Å². The number of amides is 2. The van der Waals surface area contributed by atoms with Gasteiger partial charge in [-0.2, -0.15) is 0 Å². The van der Waals surface area contributed by atoms with Crippen molar-refractivity contribution < 1.29 is 59.8 Å². The highest BCUT2D eigenvalue weighted by Crippen LogP contribution is 2.56. The van der Waals surface area contributed by atoms with Crippen LogP contribution in [0.2, 0.25) is 0 Å². The third-order valence-electron chi connectivity index (χ3n) is 9.57. The minimum atomic E-state index is -2.75. The summed E-state index contributed by atoms with van der Waals surface area (Å²) in [6, 6.07) is 7.10. The number of carbonyl (C=O) groups excluding carboxylic acids is 4. The first-order valence-electron chi connectivity index (χ1n) is 15.5. The number of rotatable bonds is 8. The maximum atomic E-state index is 13.3. The number of nitro groups is 1. The molecule has 52 heavy (non-hydrogen) atoms. The second-order valence-corrected chi connectivity index (χ2v) is 13.9. The average molecular weight is 768 g/mol. The molecule has 0 radical (unpaired) electrons.